The number of Topliss-reactive ketones (excluding diaryl/α,β-unsaturated/α-hetero) is 1. The molecule has 1 unspecified atom stereocenters. The Morgan fingerprint density at radius 2 is 1.61 bits per heavy atom. The smallest absolute Gasteiger partial charge is 0.300 e. The van der Waals surface area contributed by atoms with E-state index in [1.165, 1.54) is 30.2 Å². The Kier molecular flexibility index (Phi) is 6.66. The van der Waals surface area contributed by atoms with Crippen molar-refractivity contribution in [2.75, 3.05) is 12.0 Å². The second-order valence-electron chi connectivity index (χ2n) is 8.84. The van der Waals surface area contributed by atoms with E-state index in [-0.39, 0.29) is 22.6 Å². The Bertz CT molecular complexity index is 1560. The van der Waals surface area contributed by atoms with Crippen LogP contribution in [0.3, 0.4) is 0 Å². The number of ether oxygens (including phenoxy) is 2. The Labute approximate surface area is 219 Å². The maximum atomic E-state index is 14.2. The Balaban J connectivity index is 1.71. The van der Waals surface area contributed by atoms with E-state index in [4.69, 9.17) is 9.47 Å². The zero-order chi connectivity index (χ0) is 26.8. The van der Waals surface area contributed by atoms with Crippen LogP contribution in [-0.2, 0) is 9.59 Å². The molecule has 4 aromatic carbocycles. The van der Waals surface area contributed by atoms with Crippen LogP contribution in [0.2, 0.25) is 0 Å². The molecule has 0 spiro atoms. The van der Waals surface area contributed by atoms with Crippen molar-refractivity contribution >= 4 is 23.1 Å². The van der Waals surface area contributed by atoms with Crippen LogP contribution in [0.4, 0.5) is 10.1 Å². The molecule has 7 heteroatoms. The molecule has 5 rings (SSSR count). The second-order valence-corrected chi connectivity index (χ2v) is 8.84. The molecule has 0 saturated carbocycles. The van der Waals surface area contributed by atoms with Gasteiger partial charge in [-0.05, 0) is 67.1 Å². The molecule has 4 aromatic rings. The Morgan fingerprint density at radius 3 is 2.34 bits per heavy atom. The van der Waals surface area contributed by atoms with Gasteiger partial charge in [0.2, 0.25) is 0 Å². The van der Waals surface area contributed by atoms with Gasteiger partial charge < -0.3 is 14.6 Å². The lowest BCUT2D eigenvalue weighted by molar-refractivity contribution is -0.132. The van der Waals surface area contributed by atoms with Crippen LogP contribution >= 0.6 is 0 Å². The fraction of sp³-hybridized carbons (Fsp3) is 0.0968. The number of aliphatic hydroxyl groups excluding tert-OH is 1. The number of para-hydroxylation sites is 1. The fourth-order valence-electron chi connectivity index (χ4n) is 4.56. The van der Waals surface area contributed by atoms with Gasteiger partial charge in [0.05, 0.1) is 24.3 Å². The van der Waals surface area contributed by atoms with Crippen molar-refractivity contribution in [2.24, 2.45) is 0 Å². The number of carbonyl (C=O) groups excluding carboxylic acids is 2. The van der Waals surface area contributed by atoms with Crippen LogP contribution in [0.5, 0.6) is 17.2 Å². The largest absolute Gasteiger partial charge is 0.507 e. The topological polar surface area (TPSA) is 76.1 Å². The molecular weight excluding hydrogens is 485 g/mol. The molecule has 1 N–H and O–H groups in total. The van der Waals surface area contributed by atoms with E-state index in [2.05, 4.69) is 0 Å². The van der Waals surface area contributed by atoms with Crippen molar-refractivity contribution in [3.05, 3.63) is 125 Å². The van der Waals surface area contributed by atoms with Crippen LogP contribution in [0, 0.1) is 12.7 Å². The standard InChI is InChI=1S/C31H24FNO5/c1-19-14-15-26(37-2)25(16-19)29(34)27-28(33(31(36)30(27)35)22-10-7-9-21(32)18-22)20-8-6-13-24(17-20)38-23-11-4-3-5-12-23/h3-18,28,34H,1-2H3/b29-27+. The van der Waals surface area contributed by atoms with E-state index in [0.29, 0.717) is 22.8 Å². The van der Waals surface area contributed by atoms with E-state index in [1.54, 1.807) is 54.6 Å². The number of amides is 1. The van der Waals surface area contributed by atoms with Gasteiger partial charge in [0.1, 0.15) is 28.8 Å². The van der Waals surface area contributed by atoms with Crippen molar-refractivity contribution < 1.29 is 28.6 Å². The van der Waals surface area contributed by atoms with Gasteiger partial charge >= 0.3 is 0 Å². The highest BCUT2D eigenvalue weighted by molar-refractivity contribution is 6.51. The summed E-state index contributed by atoms with van der Waals surface area (Å²) in [6.45, 7) is 1.84. The number of nitrogens with zero attached hydrogens (tertiary/aromatic N) is 1. The maximum absolute atomic E-state index is 14.2. The molecule has 1 saturated heterocycles. The molecule has 0 bridgehead atoms. The lowest BCUT2D eigenvalue weighted by atomic mass is 9.94. The third-order valence-electron chi connectivity index (χ3n) is 6.29. The lowest BCUT2D eigenvalue weighted by Crippen LogP contribution is -2.29. The van der Waals surface area contributed by atoms with Gasteiger partial charge in [0.25, 0.3) is 11.7 Å². The first-order chi connectivity index (χ1) is 18.4. The minimum atomic E-state index is -1.05. The first-order valence-corrected chi connectivity index (χ1v) is 11.9. The molecule has 0 aromatic heterocycles. The minimum Gasteiger partial charge on any atom is -0.507 e. The molecule has 0 aliphatic carbocycles. The van der Waals surface area contributed by atoms with Gasteiger partial charge in [-0.15, -0.1) is 0 Å². The summed E-state index contributed by atoms with van der Waals surface area (Å²) in [5.74, 6) is -1.32. The molecule has 6 nitrogen and oxygen atoms in total. The molecule has 1 aliphatic heterocycles. The normalized spacial score (nSPS) is 16.5. The van der Waals surface area contributed by atoms with Crippen LogP contribution in [0.25, 0.3) is 5.76 Å². The maximum Gasteiger partial charge on any atom is 0.300 e. The van der Waals surface area contributed by atoms with Crippen molar-refractivity contribution in [3.8, 4) is 17.2 Å². The summed E-state index contributed by atoms with van der Waals surface area (Å²) in [7, 11) is 1.45. The molecular formula is C31H24FNO5. The molecule has 1 amide bonds. The molecule has 38 heavy (non-hydrogen) atoms. The van der Waals surface area contributed by atoms with Crippen LogP contribution < -0.4 is 14.4 Å². The van der Waals surface area contributed by atoms with Gasteiger partial charge in [-0.25, -0.2) is 4.39 Å². The zero-order valence-corrected chi connectivity index (χ0v) is 20.7. The monoisotopic (exact) mass is 509 g/mol. The molecule has 0 radical (unpaired) electrons. The number of aliphatic hydroxyl groups is 1. The quantitative estimate of drug-likeness (QED) is 0.181. The van der Waals surface area contributed by atoms with Crippen molar-refractivity contribution in [1.82, 2.24) is 0 Å². The molecule has 1 atom stereocenters. The molecule has 1 heterocycles. The van der Waals surface area contributed by atoms with Crippen LogP contribution in [-0.4, -0.2) is 23.9 Å². The van der Waals surface area contributed by atoms with Gasteiger partial charge in [0, 0.05) is 5.69 Å². The van der Waals surface area contributed by atoms with Gasteiger partial charge in [0.15, 0.2) is 0 Å². The highest BCUT2D eigenvalue weighted by atomic mass is 19.1. The summed E-state index contributed by atoms with van der Waals surface area (Å²) >= 11 is 0. The lowest BCUT2D eigenvalue weighted by Gasteiger charge is -2.26. The number of benzene rings is 4. The zero-order valence-electron chi connectivity index (χ0n) is 20.7. The number of ketones is 1. The van der Waals surface area contributed by atoms with E-state index in [9.17, 15) is 19.1 Å². The number of hydrogen-bond donors (Lipinski definition) is 1. The first kappa shape index (κ1) is 24.8. The van der Waals surface area contributed by atoms with E-state index >= 15 is 0 Å². The van der Waals surface area contributed by atoms with Crippen LogP contribution in [0.15, 0.2) is 103 Å². The highest BCUT2D eigenvalue weighted by Gasteiger charge is 2.47. The Morgan fingerprint density at radius 1 is 0.868 bits per heavy atom. The van der Waals surface area contributed by atoms with E-state index < -0.39 is 23.5 Å². The average Bonchev–Trinajstić information content (AvgIpc) is 3.19. The number of rotatable bonds is 6. The minimum absolute atomic E-state index is 0.139. The first-order valence-electron chi connectivity index (χ1n) is 11.9. The third kappa shape index (κ3) is 4.62. The van der Waals surface area contributed by atoms with Gasteiger partial charge in [-0.2, -0.15) is 0 Å². The number of anilines is 1. The van der Waals surface area contributed by atoms with E-state index in [0.717, 1.165) is 5.56 Å². The number of carbonyl (C=O) groups is 2. The summed E-state index contributed by atoms with van der Waals surface area (Å²) < 4.78 is 25.6. The fourth-order valence-corrected chi connectivity index (χ4v) is 4.56. The summed E-state index contributed by atoms with van der Waals surface area (Å²) in [6.07, 6.45) is 0. The van der Waals surface area contributed by atoms with Crippen molar-refractivity contribution in [1.29, 1.82) is 0 Å². The summed E-state index contributed by atoms with van der Waals surface area (Å²) in [4.78, 5) is 28.0. The number of hydrogen-bond acceptors (Lipinski definition) is 5. The molecule has 1 aliphatic rings. The Hall–Kier alpha value is -4.91. The predicted octanol–water partition coefficient (Wildman–Crippen LogP) is 6.56. The highest BCUT2D eigenvalue weighted by Crippen LogP contribution is 2.44. The van der Waals surface area contributed by atoms with Gasteiger partial charge in [-0.1, -0.05) is 48.0 Å². The van der Waals surface area contributed by atoms with Crippen LogP contribution in [0.1, 0.15) is 22.7 Å². The predicted molar refractivity (Wildman–Crippen MR) is 142 cm³/mol. The van der Waals surface area contributed by atoms with E-state index in [1.807, 2.05) is 31.2 Å². The summed E-state index contributed by atoms with van der Waals surface area (Å²) in [5, 5.41) is 11.5. The second kappa shape index (κ2) is 10.2. The van der Waals surface area contributed by atoms with Crippen molar-refractivity contribution in [2.45, 2.75) is 13.0 Å². The third-order valence-corrected chi connectivity index (χ3v) is 6.29. The number of methoxy groups -OCH3 is 1. The number of aryl methyl sites for hydroxylation is 1. The average molecular weight is 510 g/mol. The number of halogens is 1. The van der Waals surface area contributed by atoms with Crippen molar-refractivity contribution in [3.63, 3.8) is 0 Å². The molecule has 1 fully saturated rings. The summed E-state index contributed by atoms with van der Waals surface area (Å²) in [5.41, 5.74) is 1.63. The SMILES string of the molecule is COc1ccc(C)cc1/C(O)=C1\C(=O)C(=O)N(c2cccc(F)c2)C1c1cccc(Oc2ccccc2)c1. The summed E-state index contributed by atoms with van der Waals surface area (Å²) in [6, 6.07) is 25.6. The van der Waals surface area contributed by atoms with Gasteiger partial charge in [-0.3, -0.25) is 14.5 Å². The molecule has 190 valence electrons.